The molecule has 5 heteroatoms. The Balaban J connectivity index is 1.83. The maximum Gasteiger partial charge on any atom is 0.328 e. The van der Waals surface area contributed by atoms with Gasteiger partial charge < -0.3 is 14.8 Å². The van der Waals surface area contributed by atoms with Gasteiger partial charge in [-0.1, -0.05) is 32.9 Å². The number of carbonyl (C=O) groups is 2. The molecule has 0 saturated carbocycles. The Bertz CT molecular complexity index is 583. The van der Waals surface area contributed by atoms with E-state index in [9.17, 15) is 9.59 Å². The molecule has 1 N–H and O–H groups in total. The Hall–Kier alpha value is -1.88. The van der Waals surface area contributed by atoms with Crippen LogP contribution in [0.25, 0.3) is 0 Å². The van der Waals surface area contributed by atoms with Crippen LogP contribution in [0.2, 0.25) is 0 Å². The van der Waals surface area contributed by atoms with Gasteiger partial charge in [0, 0.05) is 12.2 Å². The van der Waals surface area contributed by atoms with Crippen molar-refractivity contribution in [3.8, 4) is 0 Å². The summed E-state index contributed by atoms with van der Waals surface area (Å²) in [5, 5.41) is 2.69. The van der Waals surface area contributed by atoms with Crippen molar-refractivity contribution in [1.29, 1.82) is 0 Å². The van der Waals surface area contributed by atoms with Crippen LogP contribution in [0.5, 0.6) is 0 Å². The maximum atomic E-state index is 12.3. The quantitative estimate of drug-likeness (QED) is 0.831. The van der Waals surface area contributed by atoms with Gasteiger partial charge in [0.1, 0.15) is 12.6 Å². The third kappa shape index (κ3) is 5.85. The highest BCUT2D eigenvalue weighted by molar-refractivity contribution is 5.96. The molecule has 2 rings (SSSR count). The number of hydrogen-bond donors (Lipinski definition) is 1. The number of amides is 1. The number of ether oxygens (including phenoxy) is 2. The van der Waals surface area contributed by atoms with E-state index in [1.165, 1.54) is 0 Å². The van der Waals surface area contributed by atoms with Crippen LogP contribution in [-0.4, -0.2) is 37.2 Å². The van der Waals surface area contributed by atoms with Gasteiger partial charge >= 0.3 is 5.97 Å². The zero-order chi connectivity index (χ0) is 18.4. The monoisotopic (exact) mass is 347 g/mol. The van der Waals surface area contributed by atoms with E-state index >= 15 is 0 Å². The Kier molecular flexibility index (Phi) is 6.59. The second-order valence-electron chi connectivity index (χ2n) is 7.64. The van der Waals surface area contributed by atoms with Crippen LogP contribution in [0.15, 0.2) is 24.3 Å². The molecule has 1 amide bonds. The molecule has 0 spiro atoms. The zero-order valence-electron chi connectivity index (χ0n) is 15.6. The molecule has 1 aliphatic heterocycles. The molecule has 25 heavy (non-hydrogen) atoms. The molecule has 2 unspecified atom stereocenters. The lowest BCUT2D eigenvalue weighted by Crippen LogP contribution is -2.40. The van der Waals surface area contributed by atoms with E-state index in [0.29, 0.717) is 5.56 Å². The minimum Gasteiger partial charge on any atom is -0.461 e. The minimum atomic E-state index is -0.696. The van der Waals surface area contributed by atoms with Gasteiger partial charge in [-0.3, -0.25) is 4.79 Å². The summed E-state index contributed by atoms with van der Waals surface area (Å²) in [5.74, 6) is -0.715. The normalized spacial score (nSPS) is 19.1. The molecular formula is C20H29NO4. The largest absolute Gasteiger partial charge is 0.461 e. The van der Waals surface area contributed by atoms with Crippen molar-refractivity contribution in [1.82, 2.24) is 5.32 Å². The van der Waals surface area contributed by atoms with Crippen molar-refractivity contribution in [2.75, 3.05) is 13.2 Å². The van der Waals surface area contributed by atoms with Crippen LogP contribution < -0.4 is 5.32 Å². The van der Waals surface area contributed by atoms with Gasteiger partial charge in [0.15, 0.2) is 0 Å². The van der Waals surface area contributed by atoms with Gasteiger partial charge in [-0.05, 0) is 49.3 Å². The summed E-state index contributed by atoms with van der Waals surface area (Å²) < 4.78 is 10.8. The zero-order valence-corrected chi connectivity index (χ0v) is 15.6. The molecule has 1 fully saturated rings. The van der Waals surface area contributed by atoms with Crippen LogP contribution >= 0.6 is 0 Å². The van der Waals surface area contributed by atoms with Gasteiger partial charge in [0.2, 0.25) is 0 Å². The van der Waals surface area contributed by atoms with Crippen LogP contribution in [-0.2, 0) is 19.7 Å². The highest BCUT2D eigenvalue weighted by Crippen LogP contribution is 2.22. The highest BCUT2D eigenvalue weighted by atomic mass is 16.6. The Labute approximate surface area is 150 Å². The molecule has 1 aromatic carbocycles. The van der Waals surface area contributed by atoms with Crippen molar-refractivity contribution in [3.05, 3.63) is 35.4 Å². The molecule has 138 valence electrons. The number of benzene rings is 1. The van der Waals surface area contributed by atoms with Gasteiger partial charge in [-0.15, -0.1) is 0 Å². The van der Waals surface area contributed by atoms with E-state index in [4.69, 9.17) is 9.47 Å². The summed E-state index contributed by atoms with van der Waals surface area (Å²) in [6.45, 7) is 8.96. The van der Waals surface area contributed by atoms with Crippen LogP contribution in [0.4, 0.5) is 0 Å². The number of carbonyl (C=O) groups excluding carboxylic acids is 2. The first kappa shape index (κ1) is 19.4. The predicted molar refractivity (Wildman–Crippen MR) is 96.6 cm³/mol. The summed E-state index contributed by atoms with van der Waals surface area (Å²) in [6, 6.07) is 6.75. The predicted octanol–water partition coefficient (Wildman–Crippen LogP) is 3.21. The Morgan fingerprint density at radius 2 is 1.92 bits per heavy atom. The average molecular weight is 347 g/mol. The first-order chi connectivity index (χ1) is 11.8. The Morgan fingerprint density at radius 3 is 2.48 bits per heavy atom. The first-order valence-corrected chi connectivity index (χ1v) is 8.97. The minimum absolute atomic E-state index is 0.0226. The number of rotatable bonds is 5. The summed E-state index contributed by atoms with van der Waals surface area (Å²) in [7, 11) is 0. The number of hydrogen-bond acceptors (Lipinski definition) is 4. The number of esters is 1. The topological polar surface area (TPSA) is 64.6 Å². The SMILES string of the molecule is CC(NC(=O)c1ccc(C(C)(C)C)cc1)C(=O)OCC1CCCCO1. The van der Waals surface area contributed by atoms with E-state index in [-0.39, 0.29) is 24.0 Å². The molecule has 1 aliphatic rings. The second kappa shape index (κ2) is 8.48. The molecule has 2 atom stereocenters. The molecule has 5 nitrogen and oxygen atoms in total. The van der Waals surface area contributed by atoms with E-state index in [2.05, 4.69) is 26.1 Å². The molecule has 1 saturated heterocycles. The van der Waals surface area contributed by atoms with Gasteiger partial charge in [0.25, 0.3) is 5.91 Å². The summed E-state index contributed by atoms with van der Waals surface area (Å²) in [4.78, 5) is 24.3. The Morgan fingerprint density at radius 1 is 1.24 bits per heavy atom. The lowest BCUT2D eigenvalue weighted by Gasteiger charge is -2.23. The molecule has 0 aromatic heterocycles. The van der Waals surface area contributed by atoms with Gasteiger partial charge in [0.05, 0.1) is 6.10 Å². The first-order valence-electron chi connectivity index (χ1n) is 8.97. The van der Waals surface area contributed by atoms with Crippen molar-refractivity contribution >= 4 is 11.9 Å². The summed E-state index contributed by atoms with van der Waals surface area (Å²) in [5.41, 5.74) is 1.72. The molecule has 0 bridgehead atoms. The fourth-order valence-electron chi connectivity index (χ4n) is 2.70. The fourth-order valence-corrected chi connectivity index (χ4v) is 2.70. The molecule has 1 aromatic rings. The van der Waals surface area contributed by atoms with E-state index in [0.717, 1.165) is 31.4 Å². The molecule has 0 radical (unpaired) electrons. The summed E-state index contributed by atoms with van der Waals surface area (Å²) >= 11 is 0. The third-order valence-corrected chi connectivity index (χ3v) is 4.40. The third-order valence-electron chi connectivity index (χ3n) is 4.40. The van der Waals surface area contributed by atoms with E-state index < -0.39 is 12.0 Å². The second-order valence-corrected chi connectivity index (χ2v) is 7.64. The lowest BCUT2D eigenvalue weighted by molar-refractivity contribution is -0.150. The average Bonchev–Trinajstić information content (AvgIpc) is 2.59. The highest BCUT2D eigenvalue weighted by Gasteiger charge is 2.21. The van der Waals surface area contributed by atoms with Crippen molar-refractivity contribution in [3.63, 3.8) is 0 Å². The lowest BCUT2D eigenvalue weighted by atomic mass is 9.86. The summed E-state index contributed by atoms with van der Waals surface area (Å²) in [6.07, 6.45) is 3.04. The van der Waals surface area contributed by atoms with Crippen molar-refractivity contribution < 1.29 is 19.1 Å². The van der Waals surface area contributed by atoms with Crippen LogP contribution in [0.1, 0.15) is 62.9 Å². The van der Waals surface area contributed by atoms with Crippen molar-refractivity contribution in [2.24, 2.45) is 0 Å². The van der Waals surface area contributed by atoms with Crippen molar-refractivity contribution in [2.45, 2.75) is 64.5 Å². The van der Waals surface area contributed by atoms with Gasteiger partial charge in [-0.25, -0.2) is 4.79 Å². The van der Waals surface area contributed by atoms with Crippen LogP contribution in [0.3, 0.4) is 0 Å². The van der Waals surface area contributed by atoms with E-state index in [1.54, 1.807) is 19.1 Å². The molecule has 1 heterocycles. The number of nitrogens with one attached hydrogen (secondary N) is 1. The molecular weight excluding hydrogens is 318 g/mol. The standard InChI is InChI=1S/C20H29NO4/c1-14(19(23)25-13-17-7-5-6-12-24-17)21-18(22)15-8-10-16(11-9-15)20(2,3)4/h8-11,14,17H,5-7,12-13H2,1-4H3,(H,21,22). The molecule has 0 aliphatic carbocycles. The van der Waals surface area contributed by atoms with Gasteiger partial charge in [-0.2, -0.15) is 0 Å². The van der Waals surface area contributed by atoms with E-state index in [1.807, 2.05) is 12.1 Å². The van der Waals surface area contributed by atoms with Crippen LogP contribution in [0, 0.1) is 0 Å². The maximum absolute atomic E-state index is 12.3. The smallest absolute Gasteiger partial charge is 0.328 e. The fraction of sp³-hybridized carbons (Fsp3) is 0.600.